The number of rotatable bonds is 3. The average molecular weight is 246 g/mol. The van der Waals surface area contributed by atoms with E-state index in [0.717, 1.165) is 47.2 Å². The molecular formula is C13H14N2OS. The van der Waals surface area contributed by atoms with Crippen molar-refractivity contribution in [2.24, 2.45) is 0 Å². The van der Waals surface area contributed by atoms with Crippen LogP contribution in [0.2, 0.25) is 0 Å². The molecule has 3 nitrogen and oxygen atoms in total. The molecule has 1 aromatic heterocycles. The standard InChI is InChI=1S/C13H14N2OS/c1-2-4-11-14-15-13(17-11)10-6-3-5-9-7-8-16-12(9)10/h3,5-6H,2,4,7-8H2,1H3. The minimum Gasteiger partial charge on any atom is -0.492 e. The zero-order valence-electron chi connectivity index (χ0n) is 9.77. The van der Waals surface area contributed by atoms with Gasteiger partial charge in [-0.25, -0.2) is 0 Å². The first-order valence-electron chi connectivity index (χ1n) is 5.96. The summed E-state index contributed by atoms with van der Waals surface area (Å²) in [6.45, 7) is 2.94. The Bertz CT molecular complexity index is 536. The topological polar surface area (TPSA) is 35.0 Å². The van der Waals surface area contributed by atoms with E-state index in [1.54, 1.807) is 11.3 Å². The first-order valence-corrected chi connectivity index (χ1v) is 6.77. The molecule has 1 aliphatic heterocycles. The molecule has 0 unspecified atom stereocenters. The van der Waals surface area contributed by atoms with E-state index < -0.39 is 0 Å². The summed E-state index contributed by atoms with van der Waals surface area (Å²) in [7, 11) is 0. The Morgan fingerprint density at radius 1 is 1.35 bits per heavy atom. The molecule has 0 bridgehead atoms. The van der Waals surface area contributed by atoms with Gasteiger partial charge in [0.05, 0.1) is 12.2 Å². The first-order chi connectivity index (χ1) is 8.38. The van der Waals surface area contributed by atoms with Crippen LogP contribution in [0.4, 0.5) is 0 Å². The molecule has 0 radical (unpaired) electrons. The molecule has 0 aliphatic carbocycles. The summed E-state index contributed by atoms with van der Waals surface area (Å²) in [4.78, 5) is 0. The first kappa shape index (κ1) is 10.7. The lowest BCUT2D eigenvalue weighted by Gasteiger charge is -2.03. The van der Waals surface area contributed by atoms with Crippen LogP contribution < -0.4 is 4.74 Å². The fraction of sp³-hybridized carbons (Fsp3) is 0.385. The van der Waals surface area contributed by atoms with E-state index in [1.165, 1.54) is 5.56 Å². The number of nitrogens with zero attached hydrogens (tertiary/aromatic N) is 2. The lowest BCUT2D eigenvalue weighted by Crippen LogP contribution is -1.88. The van der Waals surface area contributed by atoms with E-state index >= 15 is 0 Å². The van der Waals surface area contributed by atoms with E-state index in [-0.39, 0.29) is 0 Å². The second kappa shape index (κ2) is 4.45. The van der Waals surface area contributed by atoms with Gasteiger partial charge < -0.3 is 4.74 Å². The van der Waals surface area contributed by atoms with Crippen LogP contribution in [-0.4, -0.2) is 16.8 Å². The van der Waals surface area contributed by atoms with Gasteiger partial charge in [-0.15, -0.1) is 10.2 Å². The molecule has 88 valence electrons. The minimum atomic E-state index is 0.785. The summed E-state index contributed by atoms with van der Waals surface area (Å²) in [5.74, 6) is 1.01. The molecule has 0 fully saturated rings. The van der Waals surface area contributed by atoms with Crippen LogP contribution in [0.1, 0.15) is 23.9 Å². The van der Waals surface area contributed by atoms with Crippen molar-refractivity contribution < 1.29 is 4.74 Å². The van der Waals surface area contributed by atoms with Crippen LogP contribution in [0.25, 0.3) is 10.6 Å². The minimum absolute atomic E-state index is 0.785. The molecule has 3 rings (SSSR count). The zero-order chi connectivity index (χ0) is 11.7. The predicted octanol–water partition coefficient (Wildman–Crippen LogP) is 3.09. The Kier molecular flexibility index (Phi) is 2.81. The van der Waals surface area contributed by atoms with Crippen molar-refractivity contribution in [3.63, 3.8) is 0 Å². The lowest BCUT2D eigenvalue weighted by molar-refractivity contribution is 0.358. The number of ether oxygens (including phenoxy) is 1. The number of benzene rings is 1. The lowest BCUT2D eigenvalue weighted by atomic mass is 10.1. The maximum Gasteiger partial charge on any atom is 0.151 e. The van der Waals surface area contributed by atoms with Gasteiger partial charge in [0, 0.05) is 12.8 Å². The second-order valence-corrected chi connectivity index (χ2v) is 5.21. The summed E-state index contributed by atoms with van der Waals surface area (Å²) in [6.07, 6.45) is 3.12. The molecule has 2 heterocycles. The van der Waals surface area contributed by atoms with Gasteiger partial charge in [0.1, 0.15) is 10.8 Å². The normalized spacial score (nSPS) is 13.5. The van der Waals surface area contributed by atoms with E-state index in [4.69, 9.17) is 4.74 Å². The molecule has 2 aromatic rings. The molecule has 17 heavy (non-hydrogen) atoms. The van der Waals surface area contributed by atoms with Crippen molar-refractivity contribution >= 4 is 11.3 Å². The van der Waals surface area contributed by atoms with E-state index in [2.05, 4.69) is 35.3 Å². The summed E-state index contributed by atoms with van der Waals surface area (Å²) in [5, 5.41) is 10.6. The third-order valence-electron chi connectivity index (χ3n) is 2.88. The highest BCUT2D eigenvalue weighted by molar-refractivity contribution is 7.14. The fourth-order valence-electron chi connectivity index (χ4n) is 2.06. The Labute approximate surface area is 104 Å². The van der Waals surface area contributed by atoms with Crippen LogP contribution in [-0.2, 0) is 12.8 Å². The quantitative estimate of drug-likeness (QED) is 0.834. The van der Waals surface area contributed by atoms with Crippen molar-refractivity contribution in [2.45, 2.75) is 26.2 Å². The maximum absolute atomic E-state index is 5.69. The van der Waals surface area contributed by atoms with Gasteiger partial charge in [0.25, 0.3) is 0 Å². The molecule has 4 heteroatoms. The predicted molar refractivity (Wildman–Crippen MR) is 68.5 cm³/mol. The highest BCUT2D eigenvalue weighted by atomic mass is 32.1. The third-order valence-corrected chi connectivity index (χ3v) is 3.89. The van der Waals surface area contributed by atoms with Crippen molar-refractivity contribution in [3.8, 4) is 16.3 Å². The average Bonchev–Trinajstić information content (AvgIpc) is 2.96. The number of aromatic nitrogens is 2. The largest absolute Gasteiger partial charge is 0.492 e. The molecule has 0 spiro atoms. The van der Waals surface area contributed by atoms with Crippen molar-refractivity contribution in [2.75, 3.05) is 6.61 Å². The molecule has 0 saturated heterocycles. The molecule has 0 N–H and O–H groups in total. The van der Waals surface area contributed by atoms with E-state index in [9.17, 15) is 0 Å². The van der Waals surface area contributed by atoms with Gasteiger partial charge in [-0.3, -0.25) is 0 Å². The van der Waals surface area contributed by atoms with Gasteiger partial charge in [-0.1, -0.05) is 30.4 Å². The van der Waals surface area contributed by atoms with E-state index in [1.807, 2.05) is 0 Å². The van der Waals surface area contributed by atoms with Crippen molar-refractivity contribution in [3.05, 3.63) is 28.8 Å². The Balaban J connectivity index is 2.00. The molecule has 1 aliphatic rings. The maximum atomic E-state index is 5.69. The molecular weight excluding hydrogens is 232 g/mol. The number of para-hydroxylation sites is 1. The summed E-state index contributed by atoms with van der Waals surface area (Å²) in [6, 6.07) is 6.27. The summed E-state index contributed by atoms with van der Waals surface area (Å²) < 4.78 is 5.69. The third kappa shape index (κ3) is 1.93. The van der Waals surface area contributed by atoms with Crippen LogP contribution in [0.5, 0.6) is 5.75 Å². The van der Waals surface area contributed by atoms with Gasteiger partial charge in [0.2, 0.25) is 0 Å². The van der Waals surface area contributed by atoms with E-state index in [0.29, 0.717) is 0 Å². The van der Waals surface area contributed by atoms with Gasteiger partial charge in [-0.2, -0.15) is 0 Å². The number of hydrogen-bond donors (Lipinski definition) is 0. The van der Waals surface area contributed by atoms with Crippen LogP contribution >= 0.6 is 11.3 Å². The number of fused-ring (bicyclic) bond motifs is 1. The van der Waals surface area contributed by atoms with Gasteiger partial charge >= 0.3 is 0 Å². The monoisotopic (exact) mass is 246 g/mol. The van der Waals surface area contributed by atoms with Crippen LogP contribution in [0, 0.1) is 0 Å². The SMILES string of the molecule is CCCc1nnc(-c2cccc3c2OCC3)s1. The van der Waals surface area contributed by atoms with Crippen LogP contribution in [0.3, 0.4) is 0 Å². The Morgan fingerprint density at radius 2 is 2.29 bits per heavy atom. The summed E-state index contributed by atoms with van der Waals surface area (Å²) >= 11 is 1.67. The zero-order valence-corrected chi connectivity index (χ0v) is 10.6. The summed E-state index contributed by atoms with van der Waals surface area (Å²) in [5.41, 5.74) is 2.38. The van der Waals surface area contributed by atoms with Gasteiger partial charge in [0.15, 0.2) is 5.01 Å². The molecule has 1 aromatic carbocycles. The highest BCUT2D eigenvalue weighted by Gasteiger charge is 2.19. The van der Waals surface area contributed by atoms with Crippen LogP contribution in [0.15, 0.2) is 18.2 Å². The molecule has 0 atom stereocenters. The van der Waals surface area contributed by atoms with Crippen molar-refractivity contribution in [1.82, 2.24) is 10.2 Å². The Morgan fingerprint density at radius 3 is 3.18 bits per heavy atom. The number of aryl methyl sites for hydroxylation is 1. The fourth-order valence-corrected chi connectivity index (χ4v) is 3.02. The Hall–Kier alpha value is -1.42. The highest BCUT2D eigenvalue weighted by Crippen LogP contribution is 2.37. The molecule has 0 amide bonds. The smallest absolute Gasteiger partial charge is 0.151 e. The molecule has 0 saturated carbocycles. The van der Waals surface area contributed by atoms with Gasteiger partial charge in [-0.05, 0) is 18.1 Å². The number of hydrogen-bond acceptors (Lipinski definition) is 4. The second-order valence-electron chi connectivity index (χ2n) is 4.14. The van der Waals surface area contributed by atoms with Crippen molar-refractivity contribution in [1.29, 1.82) is 0 Å².